The third-order valence-electron chi connectivity index (χ3n) is 5.09. The number of nitrogens with zero attached hydrogens (tertiary/aromatic N) is 1. The molecule has 4 nitrogen and oxygen atoms in total. The molecule has 1 aliphatic rings. The number of aryl methyl sites for hydroxylation is 1. The molecule has 1 heterocycles. The molecule has 0 spiro atoms. The molecular weight excluding hydrogens is 367 g/mol. The minimum Gasteiger partial charge on any atom is -0.374 e. The number of nitrogens with one attached hydrogen (secondary N) is 2. The first-order valence-corrected chi connectivity index (χ1v) is 9.32. The molecule has 0 aliphatic carbocycles. The van der Waals surface area contributed by atoms with E-state index < -0.39 is 11.7 Å². The van der Waals surface area contributed by atoms with Gasteiger partial charge in [-0.1, -0.05) is 12.1 Å². The molecule has 0 atom stereocenters. The first-order valence-electron chi connectivity index (χ1n) is 9.32. The van der Waals surface area contributed by atoms with Gasteiger partial charge in [-0.05, 0) is 62.1 Å². The average molecular weight is 391 g/mol. The average Bonchev–Trinajstić information content (AvgIpc) is 3.17. The highest BCUT2D eigenvalue weighted by molar-refractivity contribution is 5.95. The van der Waals surface area contributed by atoms with E-state index in [4.69, 9.17) is 0 Å². The number of alkyl halides is 3. The quantitative estimate of drug-likeness (QED) is 0.756. The van der Waals surface area contributed by atoms with Crippen LogP contribution in [0, 0.1) is 13.8 Å². The van der Waals surface area contributed by atoms with E-state index in [1.807, 2.05) is 30.9 Å². The summed E-state index contributed by atoms with van der Waals surface area (Å²) in [5.41, 5.74) is 3.02. The first kappa shape index (κ1) is 20.0. The molecule has 0 aromatic heterocycles. The first-order chi connectivity index (χ1) is 13.3. The zero-order valence-corrected chi connectivity index (χ0v) is 16.0. The van der Waals surface area contributed by atoms with Crippen LogP contribution in [0.5, 0.6) is 0 Å². The molecule has 28 heavy (non-hydrogen) atoms. The van der Waals surface area contributed by atoms with E-state index in [9.17, 15) is 18.0 Å². The van der Waals surface area contributed by atoms with Crippen molar-refractivity contribution in [3.05, 3.63) is 53.1 Å². The van der Waals surface area contributed by atoms with Crippen LogP contribution in [-0.2, 0) is 11.0 Å². The highest BCUT2D eigenvalue weighted by Gasteiger charge is 2.31. The summed E-state index contributed by atoms with van der Waals surface area (Å²) < 4.78 is 39.4. The Morgan fingerprint density at radius 1 is 1.07 bits per heavy atom. The van der Waals surface area contributed by atoms with Gasteiger partial charge in [0.1, 0.15) is 0 Å². The molecule has 0 unspecified atom stereocenters. The Morgan fingerprint density at radius 3 is 2.46 bits per heavy atom. The van der Waals surface area contributed by atoms with Crippen LogP contribution in [0.3, 0.4) is 0 Å². The molecule has 2 N–H and O–H groups in total. The number of benzene rings is 2. The second-order valence-corrected chi connectivity index (χ2v) is 7.07. The Hall–Kier alpha value is -2.70. The van der Waals surface area contributed by atoms with Crippen molar-refractivity contribution >= 4 is 23.0 Å². The Labute approximate surface area is 162 Å². The maximum Gasteiger partial charge on any atom is 0.416 e. The summed E-state index contributed by atoms with van der Waals surface area (Å²) in [7, 11) is 0. The van der Waals surface area contributed by atoms with Crippen LogP contribution in [0.2, 0.25) is 0 Å². The second kappa shape index (κ2) is 8.12. The summed E-state index contributed by atoms with van der Waals surface area (Å²) in [4.78, 5) is 14.4. The summed E-state index contributed by atoms with van der Waals surface area (Å²) in [5, 5.41) is 5.72. The third-order valence-corrected chi connectivity index (χ3v) is 5.09. The van der Waals surface area contributed by atoms with Gasteiger partial charge in [0.25, 0.3) is 0 Å². The summed E-state index contributed by atoms with van der Waals surface area (Å²) >= 11 is 0. The number of anilines is 3. The fourth-order valence-corrected chi connectivity index (χ4v) is 3.34. The molecule has 3 rings (SSSR count). The second-order valence-electron chi connectivity index (χ2n) is 7.07. The fourth-order valence-electron chi connectivity index (χ4n) is 3.34. The van der Waals surface area contributed by atoms with Crippen LogP contribution in [-0.4, -0.2) is 25.5 Å². The van der Waals surface area contributed by atoms with Gasteiger partial charge in [-0.25, -0.2) is 0 Å². The predicted octanol–water partition coefficient (Wildman–Crippen LogP) is 4.97. The molecule has 1 fully saturated rings. The van der Waals surface area contributed by atoms with Gasteiger partial charge in [0.2, 0.25) is 5.91 Å². The number of amides is 1. The fraction of sp³-hybridized carbons (Fsp3) is 0.381. The van der Waals surface area contributed by atoms with E-state index in [1.54, 1.807) is 6.07 Å². The summed E-state index contributed by atoms with van der Waals surface area (Å²) in [6.45, 7) is 5.35. The molecule has 0 radical (unpaired) electrons. The van der Waals surface area contributed by atoms with E-state index in [0.717, 1.165) is 49.2 Å². The molecule has 0 saturated carbocycles. The molecule has 1 amide bonds. The number of carbonyl (C=O) groups is 1. The Morgan fingerprint density at radius 2 is 1.79 bits per heavy atom. The molecule has 1 aliphatic heterocycles. The molecule has 150 valence electrons. The van der Waals surface area contributed by atoms with Gasteiger partial charge in [0, 0.05) is 18.8 Å². The van der Waals surface area contributed by atoms with Crippen molar-refractivity contribution < 1.29 is 18.0 Å². The summed E-state index contributed by atoms with van der Waals surface area (Å²) in [6.07, 6.45) is -2.41. The smallest absolute Gasteiger partial charge is 0.374 e. The normalized spacial score (nSPS) is 14.2. The largest absolute Gasteiger partial charge is 0.416 e. The SMILES string of the molecule is Cc1cccc(NC(=O)CNc2cc(C(F)(F)F)ccc2N2CCCC2)c1C. The third kappa shape index (κ3) is 4.58. The summed E-state index contributed by atoms with van der Waals surface area (Å²) in [5.74, 6) is -0.307. The molecule has 2 aromatic carbocycles. The van der Waals surface area contributed by atoms with Crippen molar-refractivity contribution in [3.8, 4) is 0 Å². The zero-order valence-electron chi connectivity index (χ0n) is 16.0. The summed E-state index contributed by atoms with van der Waals surface area (Å²) in [6, 6.07) is 9.27. The van der Waals surface area contributed by atoms with Gasteiger partial charge in [-0.2, -0.15) is 13.2 Å². The molecular formula is C21H24F3N3O. The lowest BCUT2D eigenvalue weighted by molar-refractivity contribution is -0.137. The van der Waals surface area contributed by atoms with E-state index in [0.29, 0.717) is 17.1 Å². The molecule has 0 bridgehead atoms. The highest BCUT2D eigenvalue weighted by atomic mass is 19.4. The number of rotatable bonds is 5. The lowest BCUT2D eigenvalue weighted by Crippen LogP contribution is -2.25. The van der Waals surface area contributed by atoms with Gasteiger partial charge in [0.05, 0.1) is 23.5 Å². The molecule has 1 saturated heterocycles. The van der Waals surface area contributed by atoms with Gasteiger partial charge >= 0.3 is 6.18 Å². The monoisotopic (exact) mass is 391 g/mol. The van der Waals surface area contributed by atoms with Crippen molar-refractivity contribution in [2.24, 2.45) is 0 Å². The zero-order chi connectivity index (χ0) is 20.3. The van der Waals surface area contributed by atoms with Crippen molar-refractivity contribution in [1.29, 1.82) is 0 Å². The van der Waals surface area contributed by atoms with E-state index >= 15 is 0 Å². The lowest BCUT2D eigenvalue weighted by atomic mass is 10.1. The number of hydrogen-bond acceptors (Lipinski definition) is 3. The standard InChI is InChI=1S/C21H24F3N3O/c1-14-6-5-7-17(15(14)2)26-20(28)13-25-18-12-16(21(22,23)24)8-9-19(18)27-10-3-4-11-27/h5-9,12,25H,3-4,10-11,13H2,1-2H3,(H,26,28). The molecule has 7 heteroatoms. The van der Waals surface area contributed by atoms with E-state index in [2.05, 4.69) is 10.6 Å². The van der Waals surface area contributed by atoms with Crippen LogP contribution in [0.4, 0.5) is 30.2 Å². The Kier molecular flexibility index (Phi) is 5.82. The van der Waals surface area contributed by atoms with Gasteiger partial charge < -0.3 is 15.5 Å². The minimum atomic E-state index is -4.43. The van der Waals surface area contributed by atoms with E-state index in [-0.39, 0.29) is 12.5 Å². The maximum absolute atomic E-state index is 13.1. The van der Waals surface area contributed by atoms with Crippen LogP contribution in [0.15, 0.2) is 36.4 Å². The lowest BCUT2D eigenvalue weighted by Gasteiger charge is -2.23. The van der Waals surface area contributed by atoms with Crippen molar-refractivity contribution in [3.63, 3.8) is 0 Å². The Bertz CT molecular complexity index is 858. The van der Waals surface area contributed by atoms with Gasteiger partial charge in [-0.15, -0.1) is 0 Å². The minimum absolute atomic E-state index is 0.116. The highest BCUT2D eigenvalue weighted by Crippen LogP contribution is 2.36. The van der Waals surface area contributed by atoms with Crippen molar-refractivity contribution in [1.82, 2.24) is 0 Å². The maximum atomic E-state index is 13.1. The van der Waals surface area contributed by atoms with E-state index in [1.165, 1.54) is 6.07 Å². The van der Waals surface area contributed by atoms with Crippen LogP contribution < -0.4 is 15.5 Å². The van der Waals surface area contributed by atoms with Crippen molar-refractivity contribution in [2.45, 2.75) is 32.9 Å². The van der Waals surface area contributed by atoms with Crippen molar-refractivity contribution in [2.75, 3.05) is 35.2 Å². The topological polar surface area (TPSA) is 44.4 Å². The van der Waals surface area contributed by atoms with Crippen LogP contribution in [0.1, 0.15) is 29.5 Å². The number of hydrogen-bond donors (Lipinski definition) is 2. The number of halogens is 3. The van der Waals surface area contributed by atoms with Crippen LogP contribution >= 0.6 is 0 Å². The van der Waals surface area contributed by atoms with Gasteiger partial charge in [0.15, 0.2) is 0 Å². The molecule has 2 aromatic rings. The van der Waals surface area contributed by atoms with Gasteiger partial charge in [-0.3, -0.25) is 4.79 Å². The van der Waals surface area contributed by atoms with Crippen LogP contribution in [0.25, 0.3) is 0 Å². The predicted molar refractivity (Wildman–Crippen MR) is 106 cm³/mol. The Balaban J connectivity index is 1.76. The number of carbonyl (C=O) groups excluding carboxylic acids is 1.